The van der Waals surface area contributed by atoms with Crippen molar-refractivity contribution >= 4 is 38.5 Å². The van der Waals surface area contributed by atoms with Crippen molar-refractivity contribution in [2.45, 2.75) is 57.4 Å². The minimum absolute atomic E-state index is 0.0175. The lowest BCUT2D eigenvalue weighted by Gasteiger charge is -2.35. The molecule has 0 spiro atoms. The first-order valence-electron chi connectivity index (χ1n) is 9.11. The summed E-state index contributed by atoms with van der Waals surface area (Å²) >= 11 is 1.48. The molecule has 0 unspecified atom stereocenters. The first-order chi connectivity index (χ1) is 12.1. The van der Waals surface area contributed by atoms with E-state index in [9.17, 15) is 9.59 Å². The highest BCUT2D eigenvalue weighted by Gasteiger charge is 2.42. The summed E-state index contributed by atoms with van der Waals surface area (Å²) < 4.78 is 1.06. The predicted molar refractivity (Wildman–Crippen MR) is 99.5 cm³/mol. The fraction of sp³-hybridized carbons (Fsp3) is 0.526. The van der Waals surface area contributed by atoms with Crippen molar-refractivity contribution in [2.24, 2.45) is 5.41 Å². The highest BCUT2D eigenvalue weighted by atomic mass is 32.1. The third-order valence-corrected chi connectivity index (χ3v) is 6.20. The van der Waals surface area contributed by atoms with Gasteiger partial charge in [0.25, 0.3) is 0 Å². The number of anilines is 1. The molecule has 132 valence electrons. The fourth-order valence-electron chi connectivity index (χ4n) is 3.68. The number of carbonyl (C=O) groups is 2. The normalized spacial score (nSPS) is 19.5. The second-order valence-electron chi connectivity index (χ2n) is 7.30. The average molecular weight is 357 g/mol. The van der Waals surface area contributed by atoms with Crippen LogP contribution in [0.15, 0.2) is 24.3 Å². The molecular formula is C19H23N3O2S. The number of nitrogens with one attached hydrogen (secondary N) is 2. The van der Waals surface area contributed by atoms with E-state index in [0.29, 0.717) is 17.6 Å². The van der Waals surface area contributed by atoms with Crippen LogP contribution in [0.2, 0.25) is 0 Å². The quantitative estimate of drug-likeness (QED) is 0.854. The number of thiazole rings is 1. The maximum absolute atomic E-state index is 13.1. The molecule has 2 saturated carbocycles. The maximum atomic E-state index is 13.1. The molecule has 2 fully saturated rings. The van der Waals surface area contributed by atoms with E-state index in [-0.39, 0.29) is 11.8 Å². The summed E-state index contributed by atoms with van der Waals surface area (Å²) in [5.74, 6) is -0.0268. The zero-order valence-electron chi connectivity index (χ0n) is 14.2. The summed E-state index contributed by atoms with van der Waals surface area (Å²) in [5.41, 5.74) is 0.307. The van der Waals surface area contributed by atoms with Gasteiger partial charge >= 0.3 is 0 Å². The zero-order valence-corrected chi connectivity index (χ0v) is 15.0. The Morgan fingerprint density at radius 1 is 1.16 bits per heavy atom. The second kappa shape index (κ2) is 6.75. The predicted octanol–water partition coefficient (Wildman–Crippen LogP) is 3.85. The Morgan fingerprint density at radius 2 is 1.92 bits per heavy atom. The highest BCUT2D eigenvalue weighted by Crippen LogP contribution is 2.41. The van der Waals surface area contributed by atoms with Gasteiger partial charge in [0.15, 0.2) is 5.13 Å². The molecule has 2 amide bonds. The van der Waals surface area contributed by atoms with Gasteiger partial charge in [-0.1, -0.05) is 42.7 Å². The van der Waals surface area contributed by atoms with Crippen LogP contribution in [-0.4, -0.2) is 22.8 Å². The number of carbonyl (C=O) groups excluding carboxylic acids is 2. The Bertz CT molecular complexity index is 758. The van der Waals surface area contributed by atoms with E-state index in [1.165, 1.54) is 11.3 Å². The summed E-state index contributed by atoms with van der Waals surface area (Å²) in [6.45, 7) is 0. The van der Waals surface area contributed by atoms with Gasteiger partial charge in [0.1, 0.15) is 0 Å². The molecule has 2 aliphatic rings. The Balaban J connectivity index is 1.51. The van der Waals surface area contributed by atoms with Gasteiger partial charge in [0.2, 0.25) is 11.8 Å². The largest absolute Gasteiger partial charge is 0.353 e. The molecule has 6 heteroatoms. The number of rotatable bonds is 5. The van der Waals surface area contributed by atoms with Crippen molar-refractivity contribution < 1.29 is 9.59 Å². The van der Waals surface area contributed by atoms with E-state index < -0.39 is 5.41 Å². The van der Waals surface area contributed by atoms with Gasteiger partial charge in [-0.15, -0.1) is 0 Å². The first-order valence-corrected chi connectivity index (χ1v) is 9.93. The molecule has 0 atom stereocenters. The van der Waals surface area contributed by atoms with Crippen LogP contribution in [0.5, 0.6) is 0 Å². The third-order valence-electron chi connectivity index (χ3n) is 5.25. The Morgan fingerprint density at radius 3 is 2.64 bits per heavy atom. The molecule has 5 nitrogen and oxygen atoms in total. The van der Waals surface area contributed by atoms with E-state index in [1.54, 1.807) is 0 Å². The van der Waals surface area contributed by atoms with Gasteiger partial charge in [0, 0.05) is 12.5 Å². The number of amides is 2. The van der Waals surface area contributed by atoms with E-state index >= 15 is 0 Å². The molecule has 1 aromatic carbocycles. The van der Waals surface area contributed by atoms with Crippen LogP contribution in [0.1, 0.15) is 51.4 Å². The lowest BCUT2D eigenvalue weighted by molar-refractivity contribution is -0.134. The van der Waals surface area contributed by atoms with E-state index in [4.69, 9.17) is 0 Å². The summed E-state index contributed by atoms with van der Waals surface area (Å²) in [5, 5.41) is 6.66. The van der Waals surface area contributed by atoms with Gasteiger partial charge in [0.05, 0.1) is 15.6 Å². The van der Waals surface area contributed by atoms with Crippen LogP contribution >= 0.6 is 11.3 Å². The molecule has 25 heavy (non-hydrogen) atoms. The van der Waals surface area contributed by atoms with Crippen LogP contribution < -0.4 is 10.6 Å². The van der Waals surface area contributed by atoms with Crippen molar-refractivity contribution in [1.82, 2.24) is 10.3 Å². The monoisotopic (exact) mass is 357 g/mol. The summed E-state index contributed by atoms with van der Waals surface area (Å²) in [7, 11) is 0. The van der Waals surface area contributed by atoms with E-state index in [1.807, 2.05) is 24.3 Å². The average Bonchev–Trinajstić information content (AvgIpc) is 3.31. The molecule has 2 aliphatic carbocycles. The number of nitrogens with zero attached hydrogens (tertiary/aromatic N) is 1. The van der Waals surface area contributed by atoms with Crippen molar-refractivity contribution in [1.29, 1.82) is 0 Å². The third kappa shape index (κ3) is 3.68. The van der Waals surface area contributed by atoms with Crippen molar-refractivity contribution in [3.63, 3.8) is 0 Å². The van der Waals surface area contributed by atoms with Crippen LogP contribution in [0.4, 0.5) is 5.13 Å². The standard InChI is InChI=1S/C19H23N3O2S/c23-16(20-13-8-9-13)12-19(10-4-1-5-11-19)17(24)22-18-21-14-6-2-3-7-15(14)25-18/h2-3,6-7,13H,1,4-5,8-12H2,(H,20,23)(H,21,22,24). The van der Waals surface area contributed by atoms with Crippen LogP contribution in [-0.2, 0) is 9.59 Å². The minimum atomic E-state index is -0.588. The number of hydrogen-bond acceptors (Lipinski definition) is 4. The molecule has 2 N–H and O–H groups in total. The smallest absolute Gasteiger partial charge is 0.232 e. The van der Waals surface area contributed by atoms with Crippen molar-refractivity contribution in [3.8, 4) is 0 Å². The Hall–Kier alpha value is -1.95. The zero-order chi connectivity index (χ0) is 17.3. The Kier molecular flexibility index (Phi) is 4.46. The lowest BCUT2D eigenvalue weighted by Crippen LogP contribution is -2.42. The van der Waals surface area contributed by atoms with E-state index in [0.717, 1.165) is 55.2 Å². The van der Waals surface area contributed by atoms with Gasteiger partial charge < -0.3 is 10.6 Å². The van der Waals surface area contributed by atoms with Gasteiger partial charge in [-0.25, -0.2) is 4.98 Å². The van der Waals surface area contributed by atoms with Gasteiger partial charge in [-0.3, -0.25) is 9.59 Å². The first kappa shape index (κ1) is 16.5. The van der Waals surface area contributed by atoms with Gasteiger partial charge in [-0.2, -0.15) is 0 Å². The number of fused-ring (bicyclic) bond motifs is 1. The van der Waals surface area contributed by atoms with Crippen molar-refractivity contribution in [3.05, 3.63) is 24.3 Å². The maximum Gasteiger partial charge on any atom is 0.232 e. The topological polar surface area (TPSA) is 71.1 Å². The lowest BCUT2D eigenvalue weighted by atomic mass is 9.71. The molecule has 0 saturated heterocycles. The summed E-state index contributed by atoms with van der Waals surface area (Å²) in [6.07, 6.45) is 7.13. The van der Waals surface area contributed by atoms with E-state index in [2.05, 4.69) is 15.6 Å². The van der Waals surface area contributed by atoms with Crippen LogP contribution in [0.3, 0.4) is 0 Å². The van der Waals surface area contributed by atoms with Gasteiger partial charge in [-0.05, 0) is 37.8 Å². The molecule has 0 bridgehead atoms. The SMILES string of the molecule is O=C(CC1(C(=O)Nc2nc3ccccc3s2)CCCCC1)NC1CC1. The highest BCUT2D eigenvalue weighted by molar-refractivity contribution is 7.22. The molecule has 0 aliphatic heterocycles. The number of aromatic nitrogens is 1. The Labute approximate surface area is 151 Å². The van der Waals surface area contributed by atoms with Crippen LogP contribution in [0, 0.1) is 5.41 Å². The molecular weight excluding hydrogens is 334 g/mol. The summed E-state index contributed by atoms with van der Waals surface area (Å²) in [4.78, 5) is 29.9. The molecule has 0 radical (unpaired) electrons. The second-order valence-corrected chi connectivity index (χ2v) is 8.33. The molecule has 2 aromatic rings. The number of benzene rings is 1. The summed E-state index contributed by atoms with van der Waals surface area (Å²) in [6, 6.07) is 8.19. The minimum Gasteiger partial charge on any atom is -0.353 e. The number of para-hydroxylation sites is 1. The van der Waals surface area contributed by atoms with Crippen LogP contribution in [0.25, 0.3) is 10.2 Å². The number of hydrogen-bond donors (Lipinski definition) is 2. The molecule has 1 aromatic heterocycles. The van der Waals surface area contributed by atoms with Crippen molar-refractivity contribution in [2.75, 3.05) is 5.32 Å². The molecule has 4 rings (SSSR count). The fourth-order valence-corrected chi connectivity index (χ4v) is 4.54. The molecule has 1 heterocycles.